The summed E-state index contributed by atoms with van der Waals surface area (Å²) in [5, 5.41) is 19.0. The highest BCUT2D eigenvalue weighted by molar-refractivity contribution is 5.87. The van der Waals surface area contributed by atoms with Gasteiger partial charge >= 0.3 is 0 Å². The Morgan fingerprint density at radius 2 is 2.16 bits per heavy atom. The lowest BCUT2D eigenvalue weighted by atomic mass is 10.2. The Kier molecular flexibility index (Phi) is 3.86. The van der Waals surface area contributed by atoms with Crippen LogP contribution in [0.5, 0.6) is 0 Å². The highest BCUT2D eigenvalue weighted by Gasteiger charge is 2.11. The van der Waals surface area contributed by atoms with E-state index in [2.05, 4.69) is 36.1 Å². The molecule has 25 heavy (non-hydrogen) atoms. The van der Waals surface area contributed by atoms with Crippen molar-refractivity contribution >= 4 is 33.9 Å². The molecule has 0 unspecified atom stereocenters. The summed E-state index contributed by atoms with van der Waals surface area (Å²) >= 11 is 0. The van der Waals surface area contributed by atoms with Crippen molar-refractivity contribution in [1.82, 2.24) is 30.1 Å². The molecule has 0 aliphatic heterocycles. The summed E-state index contributed by atoms with van der Waals surface area (Å²) in [6, 6.07) is 5.73. The Labute approximate surface area is 142 Å². The van der Waals surface area contributed by atoms with Crippen molar-refractivity contribution in [2.45, 2.75) is 6.54 Å². The van der Waals surface area contributed by atoms with Crippen LogP contribution in [0.1, 0.15) is 5.56 Å². The van der Waals surface area contributed by atoms with Crippen molar-refractivity contribution in [3.05, 3.63) is 30.0 Å². The summed E-state index contributed by atoms with van der Waals surface area (Å²) in [7, 11) is 1.84. The van der Waals surface area contributed by atoms with E-state index in [-0.39, 0.29) is 0 Å². The second-order valence-corrected chi connectivity index (χ2v) is 5.55. The first-order valence-electron chi connectivity index (χ1n) is 7.83. The summed E-state index contributed by atoms with van der Waals surface area (Å²) in [5.41, 5.74) is 8.70. The van der Waals surface area contributed by atoms with Gasteiger partial charge < -0.3 is 20.9 Å². The molecule has 0 saturated heterocycles. The Morgan fingerprint density at radius 3 is 3.04 bits per heavy atom. The largest absolute Gasteiger partial charge is 0.365 e. The van der Waals surface area contributed by atoms with Gasteiger partial charge in [-0.25, -0.2) is 0 Å². The molecule has 4 rings (SSSR count). The van der Waals surface area contributed by atoms with Gasteiger partial charge in [-0.2, -0.15) is 15.1 Å². The van der Waals surface area contributed by atoms with Crippen LogP contribution in [-0.4, -0.2) is 43.2 Å². The molecule has 0 bridgehead atoms. The van der Waals surface area contributed by atoms with Crippen molar-refractivity contribution in [2.24, 2.45) is 12.8 Å². The fraction of sp³-hybridized carbons (Fsp3) is 0.267. The Balaban J connectivity index is 1.62. The maximum Gasteiger partial charge on any atom is 0.226 e. The van der Waals surface area contributed by atoms with Crippen molar-refractivity contribution in [3.8, 4) is 0 Å². The predicted molar refractivity (Wildman–Crippen MR) is 93.0 cm³/mol. The minimum absolute atomic E-state index is 0.501. The van der Waals surface area contributed by atoms with Crippen molar-refractivity contribution < 1.29 is 4.52 Å². The summed E-state index contributed by atoms with van der Waals surface area (Å²) in [4.78, 5) is 9.00. The zero-order valence-electron chi connectivity index (χ0n) is 13.6. The van der Waals surface area contributed by atoms with E-state index >= 15 is 0 Å². The summed E-state index contributed by atoms with van der Waals surface area (Å²) < 4.78 is 6.73. The van der Waals surface area contributed by atoms with E-state index in [1.165, 1.54) is 0 Å². The third kappa shape index (κ3) is 2.94. The molecule has 0 aliphatic carbocycles. The first-order valence-corrected chi connectivity index (χ1v) is 7.83. The van der Waals surface area contributed by atoms with Crippen LogP contribution >= 0.6 is 0 Å². The van der Waals surface area contributed by atoms with Gasteiger partial charge in [0, 0.05) is 32.0 Å². The third-order valence-corrected chi connectivity index (χ3v) is 3.79. The number of aryl methyl sites for hydroxylation is 1. The predicted octanol–water partition coefficient (Wildman–Crippen LogP) is 0.882. The molecule has 1 aromatic carbocycles. The number of anilines is 2. The van der Waals surface area contributed by atoms with Gasteiger partial charge in [-0.05, 0) is 17.7 Å². The van der Waals surface area contributed by atoms with Crippen LogP contribution in [0.25, 0.3) is 22.1 Å². The molecule has 0 atom stereocenters. The average molecular weight is 339 g/mol. The lowest BCUT2D eigenvalue weighted by Crippen LogP contribution is -2.15. The molecule has 0 saturated carbocycles. The normalized spacial score (nSPS) is 11.3. The van der Waals surface area contributed by atoms with E-state index < -0.39 is 0 Å². The fourth-order valence-electron chi connectivity index (χ4n) is 2.54. The van der Waals surface area contributed by atoms with E-state index in [0.29, 0.717) is 37.0 Å². The molecule has 10 heteroatoms. The van der Waals surface area contributed by atoms with Gasteiger partial charge in [0.2, 0.25) is 5.95 Å². The monoisotopic (exact) mass is 339 g/mol. The number of benzene rings is 1. The molecule has 3 aromatic heterocycles. The molecule has 10 nitrogen and oxygen atoms in total. The van der Waals surface area contributed by atoms with E-state index in [9.17, 15) is 0 Å². The van der Waals surface area contributed by atoms with Crippen molar-refractivity contribution in [1.29, 1.82) is 0 Å². The van der Waals surface area contributed by atoms with Crippen LogP contribution in [0.4, 0.5) is 11.8 Å². The standard InChI is InChI=1S/C15H17N9O/c1-24-14-10(8-19-24)13(20-15(21-14)17-5-4-16)18-7-9-2-3-12-11(6-9)22-23-25-12/h2-3,6,8H,4-5,7,16H2,1H3,(H2,17,18,20,21). The number of nitrogens with zero attached hydrogens (tertiary/aromatic N) is 6. The third-order valence-electron chi connectivity index (χ3n) is 3.79. The lowest BCUT2D eigenvalue weighted by molar-refractivity contribution is 0.424. The number of nitrogens with one attached hydrogen (secondary N) is 2. The summed E-state index contributed by atoms with van der Waals surface area (Å²) in [6.45, 7) is 1.67. The van der Waals surface area contributed by atoms with Gasteiger partial charge in [-0.3, -0.25) is 4.68 Å². The van der Waals surface area contributed by atoms with Crippen LogP contribution in [0.3, 0.4) is 0 Å². The number of hydrogen-bond donors (Lipinski definition) is 3. The maximum atomic E-state index is 5.54. The van der Waals surface area contributed by atoms with Gasteiger partial charge in [0.15, 0.2) is 11.2 Å². The van der Waals surface area contributed by atoms with E-state index in [4.69, 9.17) is 10.3 Å². The van der Waals surface area contributed by atoms with Gasteiger partial charge in [0.25, 0.3) is 0 Å². The topological polar surface area (TPSA) is 133 Å². The minimum Gasteiger partial charge on any atom is -0.365 e. The number of fused-ring (bicyclic) bond motifs is 2. The zero-order valence-corrected chi connectivity index (χ0v) is 13.6. The molecule has 0 spiro atoms. The number of nitrogens with two attached hydrogens (primary N) is 1. The maximum absolute atomic E-state index is 5.54. The van der Waals surface area contributed by atoms with E-state index in [1.54, 1.807) is 10.9 Å². The second kappa shape index (κ2) is 6.32. The van der Waals surface area contributed by atoms with Crippen LogP contribution in [0.15, 0.2) is 28.9 Å². The van der Waals surface area contributed by atoms with Crippen molar-refractivity contribution in [2.75, 3.05) is 23.7 Å². The van der Waals surface area contributed by atoms with Gasteiger partial charge in [-0.1, -0.05) is 6.07 Å². The highest BCUT2D eigenvalue weighted by atomic mass is 16.5. The lowest BCUT2D eigenvalue weighted by Gasteiger charge is -2.10. The minimum atomic E-state index is 0.501. The SMILES string of the molecule is Cn1ncc2c(NCc3ccc4onnc4c3)nc(NCCN)nc21. The molecule has 0 amide bonds. The molecule has 0 aliphatic rings. The summed E-state index contributed by atoms with van der Waals surface area (Å²) in [5.74, 6) is 1.22. The quantitative estimate of drug-likeness (QED) is 0.468. The Morgan fingerprint density at radius 1 is 1.24 bits per heavy atom. The van der Waals surface area contributed by atoms with Crippen LogP contribution < -0.4 is 16.4 Å². The highest BCUT2D eigenvalue weighted by Crippen LogP contribution is 2.22. The fourth-order valence-corrected chi connectivity index (χ4v) is 2.54. The average Bonchev–Trinajstić information content (AvgIpc) is 3.24. The molecular formula is C15H17N9O. The van der Waals surface area contributed by atoms with Crippen LogP contribution in [0, 0.1) is 0 Å². The van der Waals surface area contributed by atoms with Crippen LogP contribution in [0.2, 0.25) is 0 Å². The van der Waals surface area contributed by atoms with Crippen LogP contribution in [-0.2, 0) is 13.6 Å². The molecule has 3 heterocycles. The number of rotatable bonds is 6. The molecule has 128 valence electrons. The van der Waals surface area contributed by atoms with Gasteiger partial charge in [-0.15, -0.1) is 5.10 Å². The smallest absolute Gasteiger partial charge is 0.226 e. The molecular weight excluding hydrogens is 322 g/mol. The second-order valence-electron chi connectivity index (χ2n) is 5.55. The summed E-state index contributed by atoms with van der Waals surface area (Å²) in [6.07, 6.45) is 1.75. The van der Waals surface area contributed by atoms with E-state index in [0.717, 1.165) is 22.1 Å². The first kappa shape index (κ1) is 15.3. The van der Waals surface area contributed by atoms with E-state index in [1.807, 2.05) is 25.2 Å². The zero-order chi connectivity index (χ0) is 17.2. The molecule has 4 N–H and O–H groups in total. The molecule has 4 aromatic rings. The van der Waals surface area contributed by atoms with Gasteiger partial charge in [0.05, 0.1) is 11.6 Å². The molecule has 0 radical (unpaired) electrons. The molecule has 0 fully saturated rings. The Hall–Kier alpha value is -3.27. The van der Waals surface area contributed by atoms with Crippen molar-refractivity contribution in [3.63, 3.8) is 0 Å². The number of aromatic nitrogens is 6. The Bertz CT molecular complexity index is 1020. The van der Waals surface area contributed by atoms with Gasteiger partial charge in [0.1, 0.15) is 11.3 Å². The first-order chi connectivity index (χ1) is 12.2. The number of hydrogen-bond acceptors (Lipinski definition) is 9.